The number of anilines is 2. The van der Waals surface area contributed by atoms with Crippen LogP contribution in [0.1, 0.15) is 5.56 Å². The predicted molar refractivity (Wildman–Crippen MR) is 71.3 cm³/mol. The maximum atomic E-state index is 8.96. The molecule has 2 aromatic rings. The van der Waals surface area contributed by atoms with Gasteiger partial charge in [-0.25, -0.2) is 0 Å². The van der Waals surface area contributed by atoms with Gasteiger partial charge in [-0.3, -0.25) is 4.68 Å². The third-order valence-corrected chi connectivity index (χ3v) is 2.65. The van der Waals surface area contributed by atoms with E-state index in [-0.39, 0.29) is 0 Å². The average molecular weight is 262 g/mol. The molecule has 0 radical (unpaired) electrons. The molecule has 3 N–H and O–H groups in total. The fourth-order valence-electron chi connectivity index (χ4n) is 1.57. The van der Waals surface area contributed by atoms with Gasteiger partial charge in [-0.05, 0) is 18.2 Å². The first-order chi connectivity index (χ1) is 8.69. The third-order valence-electron chi connectivity index (χ3n) is 2.41. The fourth-order valence-corrected chi connectivity index (χ4v) is 1.74. The Morgan fingerprint density at radius 1 is 1.50 bits per heavy atom. The van der Waals surface area contributed by atoms with E-state index in [2.05, 4.69) is 16.5 Å². The Labute approximate surface area is 110 Å². The van der Waals surface area contributed by atoms with Gasteiger partial charge in [-0.2, -0.15) is 10.4 Å². The zero-order chi connectivity index (χ0) is 13.0. The molecule has 0 aliphatic rings. The smallest absolute Gasteiger partial charge is 0.101 e. The lowest BCUT2D eigenvalue weighted by atomic mass is 10.2. The largest absolute Gasteiger partial charge is 0.396 e. The molecule has 0 saturated carbocycles. The van der Waals surface area contributed by atoms with Crippen molar-refractivity contribution < 1.29 is 0 Å². The van der Waals surface area contributed by atoms with Gasteiger partial charge in [-0.1, -0.05) is 11.6 Å². The van der Waals surface area contributed by atoms with Gasteiger partial charge >= 0.3 is 0 Å². The summed E-state index contributed by atoms with van der Waals surface area (Å²) in [7, 11) is 0. The number of nitrogens with two attached hydrogens (primary N) is 1. The normalized spacial score (nSPS) is 10.0. The quantitative estimate of drug-likeness (QED) is 0.883. The van der Waals surface area contributed by atoms with Crippen LogP contribution in [0.3, 0.4) is 0 Å². The van der Waals surface area contributed by atoms with Gasteiger partial charge in [0.05, 0.1) is 29.7 Å². The number of nitrogens with one attached hydrogen (secondary N) is 1. The van der Waals surface area contributed by atoms with Gasteiger partial charge < -0.3 is 11.1 Å². The van der Waals surface area contributed by atoms with E-state index in [1.54, 1.807) is 35.3 Å². The zero-order valence-corrected chi connectivity index (χ0v) is 10.4. The average Bonchev–Trinajstić information content (AvgIpc) is 2.75. The monoisotopic (exact) mass is 261 g/mol. The lowest BCUT2D eigenvalue weighted by Gasteiger charge is -2.08. The molecule has 6 heteroatoms. The van der Waals surface area contributed by atoms with Crippen molar-refractivity contribution in [3.63, 3.8) is 0 Å². The summed E-state index contributed by atoms with van der Waals surface area (Å²) < 4.78 is 1.74. The summed E-state index contributed by atoms with van der Waals surface area (Å²) in [6.07, 6.45) is 3.35. The molecule has 0 atom stereocenters. The highest BCUT2D eigenvalue weighted by Gasteiger charge is 2.02. The number of nitrogens with zero attached hydrogens (tertiary/aromatic N) is 3. The Hall–Kier alpha value is -2.19. The van der Waals surface area contributed by atoms with E-state index in [0.29, 0.717) is 29.4 Å². The summed E-state index contributed by atoms with van der Waals surface area (Å²) in [6.45, 7) is 1.30. The summed E-state index contributed by atoms with van der Waals surface area (Å²) in [5.41, 5.74) is 7.49. The Balaban J connectivity index is 1.98. The molecule has 0 spiro atoms. The summed E-state index contributed by atoms with van der Waals surface area (Å²) >= 11 is 5.89. The maximum absolute atomic E-state index is 8.96. The van der Waals surface area contributed by atoms with Crippen molar-refractivity contribution in [3.8, 4) is 6.07 Å². The molecule has 0 fully saturated rings. The van der Waals surface area contributed by atoms with E-state index < -0.39 is 0 Å². The van der Waals surface area contributed by atoms with Crippen LogP contribution in [-0.4, -0.2) is 16.3 Å². The van der Waals surface area contributed by atoms with Gasteiger partial charge in [0.15, 0.2) is 0 Å². The Kier molecular flexibility index (Phi) is 3.70. The predicted octanol–water partition coefficient (Wildman–Crippen LogP) is 2.10. The highest BCUT2D eigenvalue weighted by molar-refractivity contribution is 6.30. The number of halogens is 1. The molecule has 0 aliphatic heterocycles. The minimum Gasteiger partial charge on any atom is -0.396 e. The lowest BCUT2D eigenvalue weighted by molar-refractivity contribution is 0.638. The van der Waals surface area contributed by atoms with Gasteiger partial charge in [-0.15, -0.1) is 0 Å². The van der Waals surface area contributed by atoms with Crippen molar-refractivity contribution in [2.24, 2.45) is 0 Å². The second-order valence-corrected chi connectivity index (χ2v) is 4.20. The first kappa shape index (κ1) is 12.3. The molecule has 2 rings (SSSR count). The zero-order valence-electron chi connectivity index (χ0n) is 9.60. The molecule has 92 valence electrons. The molecule has 1 aromatic carbocycles. The van der Waals surface area contributed by atoms with E-state index in [1.165, 1.54) is 0 Å². The number of nitrogen functional groups attached to an aromatic ring is 1. The van der Waals surface area contributed by atoms with Crippen molar-refractivity contribution >= 4 is 23.0 Å². The van der Waals surface area contributed by atoms with Crippen molar-refractivity contribution in [3.05, 3.63) is 41.2 Å². The standard InChI is InChI=1S/C12H12ClN5/c13-10-2-1-9(6-14)12(5-10)16-3-4-18-8-11(15)7-17-18/h1-2,5,7-8,16H,3-4,15H2. The molecular formula is C12H12ClN5. The first-order valence-electron chi connectivity index (χ1n) is 5.40. The number of benzene rings is 1. The molecule has 0 unspecified atom stereocenters. The Morgan fingerprint density at radius 3 is 3.00 bits per heavy atom. The third kappa shape index (κ3) is 2.93. The van der Waals surface area contributed by atoms with Crippen LogP contribution in [0.2, 0.25) is 5.02 Å². The highest BCUT2D eigenvalue weighted by atomic mass is 35.5. The lowest BCUT2D eigenvalue weighted by Crippen LogP contribution is -2.11. The van der Waals surface area contributed by atoms with Crippen LogP contribution < -0.4 is 11.1 Å². The molecule has 0 saturated heterocycles. The molecule has 1 aromatic heterocycles. The van der Waals surface area contributed by atoms with Crippen molar-refractivity contribution in [1.82, 2.24) is 9.78 Å². The van der Waals surface area contributed by atoms with Gasteiger partial charge in [0.1, 0.15) is 6.07 Å². The minimum atomic E-state index is 0.569. The van der Waals surface area contributed by atoms with E-state index >= 15 is 0 Å². The summed E-state index contributed by atoms with van der Waals surface area (Å²) in [5.74, 6) is 0. The number of nitriles is 1. The summed E-state index contributed by atoms with van der Waals surface area (Å²) in [4.78, 5) is 0. The molecule has 5 nitrogen and oxygen atoms in total. The molecule has 0 amide bonds. The van der Waals surface area contributed by atoms with Crippen molar-refractivity contribution in [1.29, 1.82) is 5.26 Å². The second-order valence-electron chi connectivity index (χ2n) is 3.77. The van der Waals surface area contributed by atoms with Crippen molar-refractivity contribution in [2.75, 3.05) is 17.6 Å². The number of hydrogen-bond donors (Lipinski definition) is 2. The molecule has 1 heterocycles. The van der Waals surface area contributed by atoms with Crippen molar-refractivity contribution in [2.45, 2.75) is 6.54 Å². The first-order valence-corrected chi connectivity index (χ1v) is 5.78. The Morgan fingerprint density at radius 2 is 2.33 bits per heavy atom. The van der Waals surface area contributed by atoms with E-state index in [9.17, 15) is 0 Å². The van der Waals surface area contributed by atoms with Gasteiger partial charge in [0, 0.05) is 17.8 Å². The van der Waals surface area contributed by atoms with E-state index in [0.717, 1.165) is 5.69 Å². The Bertz CT molecular complexity index is 584. The minimum absolute atomic E-state index is 0.569. The number of aromatic nitrogens is 2. The van der Waals surface area contributed by atoms with E-state index in [4.69, 9.17) is 22.6 Å². The second kappa shape index (κ2) is 5.43. The highest BCUT2D eigenvalue weighted by Crippen LogP contribution is 2.20. The number of hydrogen-bond acceptors (Lipinski definition) is 4. The van der Waals surface area contributed by atoms with Crippen LogP contribution in [0.25, 0.3) is 0 Å². The molecular weight excluding hydrogens is 250 g/mol. The molecule has 0 bridgehead atoms. The fraction of sp³-hybridized carbons (Fsp3) is 0.167. The van der Waals surface area contributed by atoms with Crippen LogP contribution in [0.5, 0.6) is 0 Å². The van der Waals surface area contributed by atoms with Crippen LogP contribution in [0, 0.1) is 11.3 Å². The van der Waals surface area contributed by atoms with Gasteiger partial charge in [0.2, 0.25) is 0 Å². The van der Waals surface area contributed by atoms with E-state index in [1.807, 2.05) is 0 Å². The molecule has 18 heavy (non-hydrogen) atoms. The SMILES string of the molecule is N#Cc1ccc(Cl)cc1NCCn1cc(N)cn1. The maximum Gasteiger partial charge on any atom is 0.101 e. The van der Waals surface area contributed by atoms with Crippen LogP contribution in [0.4, 0.5) is 11.4 Å². The van der Waals surface area contributed by atoms with Crippen LogP contribution >= 0.6 is 11.6 Å². The molecule has 0 aliphatic carbocycles. The topological polar surface area (TPSA) is 79.7 Å². The summed E-state index contributed by atoms with van der Waals surface area (Å²) in [6, 6.07) is 7.23. The van der Waals surface area contributed by atoms with Crippen LogP contribution in [0.15, 0.2) is 30.6 Å². The van der Waals surface area contributed by atoms with Crippen LogP contribution in [-0.2, 0) is 6.54 Å². The van der Waals surface area contributed by atoms with Gasteiger partial charge in [0.25, 0.3) is 0 Å². The number of rotatable bonds is 4. The summed E-state index contributed by atoms with van der Waals surface area (Å²) in [5, 5.41) is 16.8.